The second-order valence-corrected chi connectivity index (χ2v) is 7.63. The maximum atomic E-state index is 12.3. The maximum Gasteiger partial charge on any atom is 0.412 e. The average Bonchev–Trinajstić information content (AvgIpc) is 3.07. The van der Waals surface area contributed by atoms with Gasteiger partial charge < -0.3 is 19.7 Å². The predicted octanol–water partition coefficient (Wildman–Crippen LogP) is 2.32. The Morgan fingerprint density at radius 3 is 2.58 bits per heavy atom. The molecule has 0 radical (unpaired) electrons. The lowest BCUT2D eigenvalue weighted by Gasteiger charge is -2.16. The molecule has 2 rings (SSSR count). The molecule has 1 aromatic heterocycles. The van der Waals surface area contributed by atoms with Gasteiger partial charge in [-0.25, -0.2) is 9.59 Å². The van der Waals surface area contributed by atoms with E-state index >= 15 is 0 Å². The Labute approximate surface area is 181 Å². The van der Waals surface area contributed by atoms with Crippen molar-refractivity contribution in [1.82, 2.24) is 9.55 Å². The van der Waals surface area contributed by atoms with E-state index in [9.17, 15) is 25.1 Å². The van der Waals surface area contributed by atoms with Crippen molar-refractivity contribution < 1.29 is 24.5 Å². The Hall–Kier alpha value is -2.48. The van der Waals surface area contributed by atoms with Crippen molar-refractivity contribution in [3.8, 4) is 6.07 Å². The predicted molar refractivity (Wildman–Crippen MR) is 112 cm³/mol. The fourth-order valence-electron chi connectivity index (χ4n) is 3.49. The van der Waals surface area contributed by atoms with Crippen LogP contribution in [0, 0.1) is 17.2 Å². The molecular formula is C21H32N4O6. The van der Waals surface area contributed by atoms with Crippen molar-refractivity contribution in [2.45, 2.75) is 76.7 Å². The van der Waals surface area contributed by atoms with Gasteiger partial charge in [0.25, 0.3) is 0 Å². The third-order valence-corrected chi connectivity index (χ3v) is 5.26. The van der Waals surface area contributed by atoms with Gasteiger partial charge in [-0.3, -0.25) is 9.88 Å². The minimum atomic E-state index is -1.23. The number of carbonyl (C=O) groups excluding carboxylic acids is 1. The number of ether oxygens (including phenoxy) is 2. The van der Waals surface area contributed by atoms with Crippen LogP contribution in [0.4, 0.5) is 10.6 Å². The van der Waals surface area contributed by atoms with E-state index in [-0.39, 0.29) is 12.4 Å². The Balaban J connectivity index is 1.77. The molecule has 10 nitrogen and oxygen atoms in total. The van der Waals surface area contributed by atoms with Gasteiger partial charge in [0, 0.05) is 6.20 Å². The summed E-state index contributed by atoms with van der Waals surface area (Å²) in [6, 6.07) is 3.26. The van der Waals surface area contributed by atoms with Crippen LogP contribution < -0.4 is 11.0 Å². The van der Waals surface area contributed by atoms with Crippen LogP contribution in [0.2, 0.25) is 0 Å². The van der Waals surface area contributed by atoms with Crippen LogP contribution in [-0.2, 0) is 9.47 Å². The summed E-state index contributed by atoms with van der Waals surface area (Å²) in [5, 5.41) is 30.9. The Kier molecular flexibility index (Phi) is 10.4. The van der Waals surface area contributed by atoms with Crippen LogP contribution in [0.3, 0.4) is 0 Å². The lowest BCUT2D eigenvalue weighted by Crippen LogP contribution is -2.32. The van der Waals surface area contributed by atoms with Crippen LogP contribution in [0.5, 0.6) is 0 Å². The summed E-state index contributed by atoms with van der Waals surface area (Å²) in [5.74, 6) is -1.03. The highest BCUT2D eigenvalue weighted by molar-refractivity contribution is 5.83. The van der Waals surface area contributed by atoms with Crippen LogP contribution in [-0.4, -0.2) is 51.3 Å². The Morgan fingerprint density at radius 1 is 1.29 bits per heavy atom. The van der Waals surface area contributed by atoms with E-state index in [4.69, 9.17) is 9.47 Å². The average molecular weight is 437 g/mol. The van der Waals surface area contributed by atoms with E-state index in [2.05, 4.69) is 17.2 Å². The SMILES string of the molecule is CCCCCCCCCCOC(=O)Nc1ccn(C2O[C@H](CO)[C@@H](O)[C@@H]2C#N)c(=O)n1. The zero-order chi connectivity index (χ0) is 22.6. The van der Waals surface area contributed by atoms with E-state index in [1.165, 1.54) is 44.4 Å². The molecule has 1 amide bonds. The number of rotatable bonds is 12. The number of hydrogen-bond acceptors (Lipinski definition) is 8. The molecule has 172 valence electrons. The summed E-state index contributed by atoms with van der Waals surface area (Å²) in [4.78, 5) is 28.0. The van der Waals surface area contributed by atoms with Crippen LogP contribution in [0.25, 0.3) is 0 Å². The number of anilines is 1. The normalized spacial score (nSPS) is 22.8. The number of nitrogens with zero attached hydrogens (tertiary/aromatic N) is 3. The minimum Gasteiger partial charge on any atom is -0.449 e. The number of nitrogens with one attached hydrogen (secondary N) is 1. The molecule has 0 aliphatic carbocycles. The zero-order valence-electron chi connectivity index (χ0n) is 17.9. The maximum absolute atomic E-state index is 12.3. The molecule has 31 heavy (non-hydrogen) atoms. The van der Waals surface area contributed by atoms with Crippen LogP contribution in [0.1, 0.15) is 64.5 Å². The van der Waals surface area contributed by atoms with Gasteiger partial charge in [0.2, 0.25) is 0 Å². The summed E-state index contributed by atoms with van der Waals surface area (Å²) in [6.45, 7) is 2.00. The van der Waals surface area contributed by atoms with Crippen molar-refractivity contribution in [3.05, 3.63) is 22.7 Å². The lowest BCUT2D eigenvalue weighted by molar-refractivity contribution is -0.0469. The lowest BCUT2D eigenvalue weighted by atomic mass is 10.0. The number of hydrogen-bond donors (Lipinski definition) is 3. The van der Waals surface area contributed by atoms with Gasteiger partial charge >= 0.3 is 11.8 Å². The van der Waals surface area contributed by atoms with E-state index in [0.29, 0.717) is 0 Å². The number of unbranched alkanes of at least 4 members (excludes halogenated alkanes) is 7. The van der Waals surface area contributed by atoms with Gasteiger partial charge in [0.15, 0.2) is 6.23 Å². The van der Waals surface area contributed by atoms with Crippen molar-refractivity contribution in [1.29, 1.82) is 5.26 Å². The summed E-state index contributed by atoms with van der Waals surface area (Å²) in [7, 11) is 0. The highest BCUT2D eigenvalue weighted by Gasteiger charge is 2.45. The number of aliphatic hydroxyl groups is 2. The molecular weight excluding hydrogens is 404 g/mol. The second kappa shape index (κ2) is 13.0. The van der Waals surface area contributed by atoms with Crippen molar-refractivity contribution >= 4 is 11.9 Å². The van der Waals surface area contributed by atoms with Gasteiger partial charge in [0.05, 0.1) is 19.3 Å². The monoisotopic (exact) mass is 436 g/mol. The number of nitriles is 1. The van der Waals surface area contributed by atoms with Gasteiger partial charge in [-0.2, -0.15) is 10.2 Å². The van der Waals surface area contributed by atoms with E-state index in [0.717, 1.165) is 23.8 Å². The van der Waals surface area contributed by atoms with E-state index in [1.807, 2.05) is 6.07 Å². The largest absolute Gasteiger partial charge is 0.449 e. The molecule has 3 N–H and O–H groups in total. The molecule has 4 atom stereocenters. The summed E-state index contributed by atoms with van der Waals surface area (Å²) >= 11 is 0. The smallest absolute Gasteiger partial charge is 0.412 e. The molecule has 0 saturated carbocycles. The molecule has 1 fully saturated rings. The quantitative estimate of drug-likeness (QED) is 0.423. The van der Waals surface area contributed by atoms with Gasteiger partial charge in [-0.1, -0.05) is 51.9 Å². The summed E-state index contributed by atoms with van der Waals surface area (Å²) in [6.07, 6.45) is 6.44. The molecule has 0 spiro atoms. The first-order chi connectivity index (χ1) is 15.0. The van der Waals surface area contributed by atoms with Gasteiger partial charge in [0.1, 0.15) is 23.9 Å². The third kappa shape index (κ3) is 7.31. The van der Waals surface area contributed by atoms with Crippen molar-refractivity contribution in [3.63, 3.8) is 0 Å². The van der Waals surface area contributed by atoms with Gasteiger partial charge in [-0.05, 0) is 12.5 Å². The zero-order valence-corrected chi connectivity index (χ0v) is 17.9. The molecule has 2 heterocycles. The first-order valence-corrected chi connectivity index (χ1v) is 10.9. The topological polar surface area (TPSA) is 147 Å². The molecule has 0 aromatic carbocycles. The molecule has 0 bridgehead atoms. The first kappa shape index (κ1) is 24.8. The number of aromatic nitrogens is 2. The Bertz CT molecular complexity index is 793. The Morgan fingerprint density at radius 2 is 1.97 bits per heavy atom. The molecule has 1 aromatic rings. The number of carbonyl (C=O) groups is 1. The highest BCUT2D eigenvalue weighted by atomic mass is 16.6. The standard InChI is InChI=1S/C21H32N4O6/c1-2-3-4-5-6-7-8-9-12-30-21(29)24-17-10-11-25(20(28)23-17)19-15(13-22)18(27)16(14-26)31-19/h10-11,15-16,18-19,26-27H,2-9,12,14H2,1H3,(H,23,24,28,29)/t15-,16+,18-,19?/m0/s1. The molecule has 1 saturated heterocycles. The minimum absolute atomic E-state index is 0.00735. The van der Waals surface area contributed by atoms with E-state index < -0.39 is 42.7 Å². The number of aliphatic hydroxyl groups excluding tert-OH is 2. The fourth-order valence-corrected chi connectivity index (χ4v) is 3.49. The number of amides is 1. The highest BCUT2D eigenvalue weighted by Crippen LogP contribution is 2.33. The first-order valence-electron chi connectivity index (χ1n) is 10.9. The summed E-state index contributed by atoms with van der Waals surface area (Å²) < 4.78 is 11.6. The van der Waals surface area contributed by atoms with Crippen LogP contribution in [0.15, 0.2) is 17.1 Å². The van der Waals surface area contributed by atoms with Gasteiger partial charge in [-0.15, -0.1) is 0 Å². The third-order valence-electron chi connectivity index (χ3n) is 5.26. The molecule has 1 aliphatic rings. The summed E-state index contributed by atoms with van der Waals surface area (Å²) in [5.41, 5.74) is -0.767. The molecule has 1 unspecified atom stereocenters. The molecule has 1 aliphatic heterocycles. The second-order valence-electron chi connectivity index (χ2n) is 7.63. The fraction of sp³-hybridized carbons (Fsp3) is 0.714. The van der Waals surface area contributed by atoms with Crippen LogP contribution >= 0.6 is 0 Å². The van der Waals surface area contributed by atoms with Crippen molar-refractivity contribution in [2.75, 3.05) is 18.5 Å². The van der Waals surface area contributed by atoms with Crippen molar-refractivity contribution in [2.24, 2.45) is 5.92 Å². The molecule has 10 heteroatoms. The van der Waals surface area contributed by atoms with E-state index in [1.54, 1.807) is 0 Å².